The molecule has 0 aliphatic heterocycles. The van der Waals surface area contributed by atoms with Crippen molar-refractivity contribution in [1.82, 2.24) is 15.5 Å². The maximum Gasteiger partial charge on any atom is 0.408 e. The van der Waals surface area contributed by atoms with Crippen molar-refractivity contribution in [1.29, 1.82) is 5.26 Å². The fourth-order valence-corrected chi connectivity index (χ4v) is 3.20. The van der Waals surface area contributed by atoms with E-state index in [0.717, 1.165) is 4.90 Å². The summed E-state index contributed by atoms with van der Waals surface area (Å²) in [5.74, 6) is -2.11. The zero-order valence-electron chi connectivity index (χ0n) is 20.2. The van der Waals surface area contributed by atoms with E-state index in [-0.39, 0.29) is 31.1 Å². The van der Waals surface area contributed by atoms with Crippen molar-refractivity contribution in [2.24, 2.45) is 0 Å². The van der Waals surface area contributed by atoms with Crippen LogP contribution in [0.4, 0.5) is 4.79 Å². The Kier molecular flexibility index (Phi) is 11.9. The first-order chi connectivity index (χ1) is 16.4. The number of amides is 3. The Balaban J connectivity index is 3.23. The van der Waals surface area contributed by atoms with Gasteiger partial charge in [0.15, 0.2) is 0 Å². The van der Waals surface area contributed by atoms with Crippen LogP contribution < -0.4 is 10.6 Å². The molecule has 12 heteroatoms. The molecule has 0 fully saturated rings. The molecule has 0 saturated carbocycles. The molecule has 0 aromatic heterocycles. The summed E-state index contributed by atoms with van der Waals surface area (Å²) in [6, 6.07) is 4.88. The molecule has 0 bridgehead atoms. The Morgan fingerprint density at radius 2 is 1.83 bits per heavy atom. The SMILES string of the molecule is CCOC(=O)CCNC(=O)C(c1ccc(O)cc1)N(CC#N)C(=O)C(CS)NC(=O)OC(C)(C)C. The van der Waals surface area contributed by atoms with E-state index in [4.69, 9.17) is 9.47 Å². The van der Waals surface area contributed by atoms with Gasteiger partial charge in [-0.25, -0.2) is 4.79 Å². The predicted molar refractivity (Wildman–Crippen MR) is 129 cm³/mol. The highest BCUT2D eigenvalue weighted by molar-refractivity contribution is 7.80. The fraction of sp³-hybridized carbons (Fsp3) is 0.522. The number of thiol groups is 1. The first-order valence-corrected chi connectivity index (χ1v) is 11.6. The summed E-state index contributed by atoms with van der Waals surface area (Å²) in [4.78, 5) is 51.3. The number of rotatable bonds is 11. The van der Waals surface area contributed by atoms with Crippen molar-refractivity contribution >= 4 is 36.5 Å². The van der Waals surface area contributed by atoms with E-state index >= 15 is 0 Å². The summed E-state index contributed by atoms with van der Waals surface area (Å²) in [5.41, 5.74) is -0.510. The average Bonchev–Trinajstić information content (AvgIpc) is 2.77. The lowest BCUT2D eigenvalue weighted by Gasteiger charge is -2.32. The van der Waals surface area contributed by atoms with E-state index in [1.165, 1.54) is 24.3 Å². The first kappa shape index (κ1) is 29.6. The zero-order chi connectivity index (χ0) is 26.6. The van der Waals surface area contributed by atoms with Gasteiger partial charge in [0.05, 0.1) is 19.1 Å². The highest BCUT2D eigenvalue weighted by Crippen LogP contribution is 2.24. The number of nitrogens with zero attached hydrogens (tertiary/aromatic N) is 2. The van der Waals surface area contributed by atoms with Crippen LogP contribution in [0.3, 0.4) is 0 Å². The second-order valence-corrected chi connectivity index (χ2v) is 8.71. The molecular weight excluding hydrogens is 476 g/mol. The molecule has 1 rings (SSSR count). The van der Waals surface area contributed by atoms with Crippen LogP contribution in [0.5, 0.6) is 5.75 Å². The molecule has 0 aliphatic carbocycles. The minimum absolute atomic E-state index is 0.0618. The van der Waals surface area contributed by atoms with E-state index in [9.17, 15) is 29.5 Å². The summed E-state index contributed by atoms with van der Waals surface area (Å²) in [6.07, 6.45) is -0.949. The highest BCUT2D eigenvalue weighted by Gasteiger charge is 2.35. The summed E-state index contributed by atoms with van der Waals surface area (Å²) >= 11 is 4.14. The zero-order valence-corrected chi connectivity index (χ0v) is 21.1. The topological polar surface area (TPSA) is 158 Å². The van der Waals surface area contributed by atoms with E-state index in [1.807, 2.05) is 6.07 Å². The van der Waals surface area contributed by atoms with E-state index in [0.29, 0.717) is 5.56 Å². The molecule has 0 heterocycles. The van der Waals surface area contributed by atoms with Crippen LogP contribution in [0.15, 0.2) is 24.3 Å². The Hall–Kier alpha value is -3.46. The number of nitriles is 1. The van der Waals surface area contributed by atoms with E-state index in [1.54, 1.807) is 27.7 Å². The number of aromatic hydroxyl groups is 1. The van der Waals surface area contributed by atoms with Gasteiger partial charge in [0, 0.05) is 12.3 Å². The van der Waals surface area contributed by atoms with Crippen LogP contribution in [0.25, 0.3) is 0 Å². The molecule has 35 heavy (non-hydrogen) atoms. The van der Waals surface area contributed by atoms with Crippen LogP contribution >= 0.6 is 12.6 Å². The Morgan fingerprint density at radius 3 is 2.34 bits per heavy atom. The Bertz CT molecular complexity index is 925. The molecule has 3 amide bonds. The molecule has 0 radical (unpaired) electrons. The third kappa shape index (κ3) is 10.1. The van der Waals surface area contributed by atoms with Gasteiger partial charge < -0.3 is 30.1 Å². The lowest BCUT2D eigenvalue weighted by Crippen LogP contribution is -2.54. The number of benzene rings is 1. The number of nitrogens with one attached hydrogen (secondary N) is 2. The normalized spacial score (nSPS) is 12.5. The van der Waals surface area contributed by atoms with Crippen molar-refractivity contribution < 1.29 is 33.8 Å². The number of ether oxygens (including phenoxy) is 2. The number of carbonyl (C=O) groups is 4. The van der Waals surface area contributed by atoms with Crippen molar-refractivity contribution in [3.63, 3.8) is 0 Å². The number of carbonyl (C=O) groups excluding carboxylic acids is 4. The lowest BCUT2D eigenvalue weighted by molar-refractivity contribution is -0.144. The Morgan fingerprint density at radius 1 is 1.20 bits per heavy atom. The van der Waals surface area contributed by atoms with Crippen molar-refractivity contribution in [3.05, 3.63) is 29.8 Å². The van der Waals surface area contributed by atoms with Crippen LogP contribution in [-0.4, -0.2) is 71.0 Å². The smallest absolute Gasteiger partial charge is 0.408 e. The minimum atomic E-state index is -1.30. The summed E-state index contributed by atoms with van der Waals surface area (Å²) in [6.45, 7) is 6.28. The van der Waals surface area contributed by atoms with Gasteiger partial charge in [-0.05, 0) is 45.4 Å². The molecule has 0 aliphatic rings. The van der Waals surface area contributed by atoms with Crippen LogP contribution in [0.2, 0.25) is 0 Å². The minimum Gasteiger partial charge on any atom is -0.508 e. The second kappa shape index (κ2) is 14.1. The first-order valence-electron chi connectivity index (χ1n) is 10.9. The summed E-state index contributed by atoms with van der Waals surface area (Å²) < 4.78 is 10.0. The molecule has 192 valence electrons. The average molecular weight is 509 g/mol. The summed E-state index contributed by atoms with van der Waals surface area (Å²) in [7, 11) is 0. The largest absolute Gasteiger partial charge is 0.508 e. The molecule has 3 N–H and O–H groups in total. The van der Waals surface area contributed by atoms with Gasteiger partial charge in [-0.3, -0.25) is 14.4 Å². The van der Waals surface area contributed by atoms with Gasteiger partial charge >= 0.3 is 12.1 Å². The number of phenols is 1. The van der Waals surface area contributed by atoms with Gasteiger partial charge in [-0.2, -0.15) is 17.9 Å². The maximum absolute atomic E-state index is 13.4. The number of alkyl carbamates (subject to hydrolysis) is 1. The number of esters is 1. The third-order valence-electron chi connectivity index (χ3n) is 4.40. The molecule has 0 spiro atoms. The van der Waals surface area contributed by atoms with Gasteiger partial charge in [0.25, 0.3) is 0 Å². The molecule has 11 nitrogen and oxygen atoms in total. The molecule has 1 aromatic carbocycles. The number of hydrogen-bond donors (Lipinski definition) is 4. The lowest BCUT2D eigenvalue weighted by atomic mass is 10.0. The number of phenolic OH excluding ortho intramolecular Hbond substituents is 1. The van der Waals surface area contributed by atoms with Crippen molar-refractivity contribution in [2.75, 3.05) is 25.4 Å². The van der Waals surface area contributed by atoms with Crippen LogP contribution in [0.1, 0.15) is 45.7 Å². The molecule has 2 atom stereocenters. The monoisotopic (exact) mass is 508 g/mol. The van der Waals surface area contributed by atoms with E-state index in [2.05, 4.69) is 23.3 Å². The van der Waals surface area contributed by atoms with Gasteiger partial charge in [-0.1, -0.05) is 12.1 Å². The molecule has 2 unspecified atom stereocenters. The van der Waals surface area contributed by atoms with Crippen LogP contribution in [-0.2, 0) is 23.9 Å². The van der Waals surface area contributed by atoms with Crippen molar-refractivity contribution in [2.45, 2.75) is 51.8 Å². The van der Waals surface area contributed by atoms with Gasteiger partial charge in [0.2, 0.25) is 11.8 Å². The maximum atomic E-state index is 13.4. The standard InChI is InChI=1S/C23H32N4O7S/c1-5-33-18(29)10-12-25-20(30)19(15-6-8-16(28)9-7-15)27(13-11-24)21(31)17(14-35)26-22(32)34-23(2,3)4/h6-9,17,19,28,35H,5,10,12-14H2,1-4H3,(H,25,30)(H,26,32). The Labute approximate surface area is 210 Å². The fourth-order valence-electron chi connectivity index (χ4n) is 2.96. The number of hydrogen-bond acceptors (Lipinski definition) is 9. The van der Waals surface area contributed by atoms with Gasteiger partial charge in [0.1, 0.15) is 30.0 Å². The molecular formula is C23H32N4O7S. The van der Waals surface area contributed by atoms with Gasteiger partial charge in [-0.15, -0.1) is 0 Å². The van der Waals surface area contributed by atoms with E-state index < -0.39 is 48.1 Å². The predicted octanol–water partition coefficient (Wildman–Crippen LogP) is 1.68. The van der Waals surface area contributed by atoms with Crippen molar-refractivity contribution in [3.8, 4) is 11.8 Å². The quantitative estimate of drug-likeness (QED) is 0.200. The molecule has 1 aromatic rings. The summed E-state index contributed by atoms with van der Waals surface area (Å²) in [5, 5.41) is 24.0. The van der Waals surface area contributed by atoms with Crippen LogP contribution in [0, 0.1) is 11.3 Å². The molecule has 0 saturated heterocycles. The third-order valence-corrected chi connectivity index (χ3v) is 4.76. The second-order valence-electron chi connectivity index (χ2n) is 8.35. The highest BCUT2D eigenvalue weighted by atomic mass is 32.1.